The number of Topliss-reactive ketones (excluding diaryl/α,β-unsaturated/α-hetero) is 1. The first-order valence-electron chi connectivity index (χ1n) is 10.3. The van der Waals surface area contributed by atoms with E-state index < -0.39 is 29.8 Å². The van der Waals surface area contributed by atoms with Crippen LogP contribution in [0.2, 0.25) is 0 Å². The molecule has 5 nitrogen and oxygen atoms in total. The van der Waals surface area contributed by atoms with Crippen molar-refractivity contribution < 1.29 is 19.8 Å². The van der Waals surface area contributed by atoms with Gasteiger partial charge in [0, 0.05) is 18.4 Å². The van der Waals surface area contributed by atoms with Gasteiger partial charge >= 0.3 is 0 Å². The number of aliphatic hydroxyl groups excluding tert-OH is 2. The molecule has 2 N–H and O–H groups in total. The zero-order valence-corrected chi connectivity index (χ0v) is 17.6. The molecule has 6 atom stereocenters. The van der Waals surface area contributed by atoms with Crippen molar-refractivity contribution in [3.05, 3.63) is 35.1 Å². The van der Waals surface area contributed by atoms with Crippen LogP contribution in [-0.4, -0.2) is 46.5 Å². The topological polar surface area (TPSA) is 77.8 Å². The normalized spacial score (nSPS) is 40.7. The zero-order chi connectivity index (χ0) is 20.8. The van der Waals surface area contributed by atoms with Gasteiger partial charge in [-0.25, -0.2) is 0 Å². The summed E-state index contributed by atoms with van der Waals surface area (Å²) in [5.41, 5.74) is 0.320. The quantitative estimate of drug-likeness (QED) is 0.337. The van der Waals surface area contributed by atoms with Crippen molar-refractivity contribution in [3.63, 3.8) is 0 Å². The molecule has 0 radical (unpaired) electrons. The Morgan fingerprint density at radius 1 is 1.36 bits per heavy atom. The molecule has 0 aromatic carbocycles. The molecule has 1 amide bonds. The van der Waals surface area contributed by atoms with Gasteiger partial charge in [0.15, 0.2) is 5.78 Å². The number of carbonyl (C=O) groups is 2. The molecule has 2 fully saturated rings. The summed E-state index contributed by atoms with van der Waals surface area (Å²) in [5, 5.41) is 21.0. The molecule has 1 saturated carbocycles. The van der Waals surface area contributed by atoms with E-state index in [9.17, 15) is 19.8 Å². The van der Waals surface area contributed by atoms with Crippen molar-refractivity contribution >= 4 is 11.7 Å². The van der Waals surface area contributed by atoms with E-state index in [1.165, 1.54) is 17.5 Å². The number of likely N-dealkylation sites (tertiary alicyclic amines) is 1. The number of allylic oxidation sites excluding steroid dienone is 5. The lowest BCUT2D eigenvalue weighted by atomic mass is 9.52. The molecular weight excluding hydrogens is 354 g/mol. The van der Waals surface area contributed by atoms with Crippen molar-refractivity contribution in [2.24, 2.45) is 29.1 Å². The average molecular weight is 388 g/mol. The molecule has 154 valence electrons. The van der Waals surface area contributed by atoms with Gasteiger partial charge < -0.3 is 15.1 Å². The SMILES string of the molecule is C/C=C/C1C(C)=CC2CC(C)CCC2C1(C)/C(O)=C1\C(=O)C(CO)N(C)C1=O. The number of carbonyl (C=O) groups excluding carboxylic acids is 2. The Bertz CT molecular complexity index is 765. The molecule has 0 spiro atoms. The molecule has 0 aromatic heterocycles. The van der Waals surface area contributed by atoms with Gasteiger partial charge in [0.05, 0.1) is 6.61 Å². The maximum atomic E-state index is 12.9. The highest BCUT2D eigenvalue weighted by atomic mass is 16.3. The van der Waals surface area contributed by atoms with E-state index in [1.54, 1.807) is 0 Å². The van der Waals surface area contributed by atoms with Crippen LogP contribution in [0, 0.1) is 29.1 Å². The molecule has 2 aliphatic carbocycles. The minimum atomic E-state index is -0.907. The fourth-order valence-electron chi connectivity index (χ4n) is 5.82. The summed E-state index contributed by atoms with van der Waals surface area (Å²) in [5.74, 6) is -0.00149. The van der Waals surface area contributed by atoms with Gasteiger partial charge in [-0.2, -0.15) is 0 Å². The van der Waals surface area contributed by atoms with Gasteiger partial charge in [0.1, 0.15) is 17.4 Å². The Hall–Kier alpha value is -1.88. The second kappa shape index (κ2) is 7.51. The van der Waals surface area contributed by atoms with Crippen LogP contribution in [0.4, 0.5) is 0 Å². The summed E-state index contributed by atoms with van der Waals surface area (Å²) in [6.45, 7) is 7.87. The van der Waals surface area contributed by atoms with Crippen LogP contribution in [0.25, 0.3) is 0 Å². The number of ketones is 1. The standard InChI is InChI=1S/C23H33NO4/c1-6-7-16-14(3)11-15-10-13(2)8-9-17(15)23(16,4)21(27)19-20(26)18(12-25)24(5)22(19)28/h6-7,11,13,15-18,25,27H,8-10,12H2,1-5H3/b7-6+,21-19-. The fourth-order valence-corrected chi connectivity index (χ4v) is 5.82. The minimum absolute atomic E-state index is 0.0706. The number of nitrogens with zero attached hydrogens (tertiary/aromatic N) is 1. The molecule has 3 rings (SSSR count). The van der Waals surface area contributed by atoms with E-state index in [0.29, 0.717) is 11.8 Å². The molecule has 1 saturated heterocycles. The molecule has 3 aliphatic rings. The van der Waals surface area contributed by atoms with Gasteiger partial charge in [-0.3, -0.25) is 9.59 Å². The average Bonchev–Trinajstić information content (AvgIpc) is 2.86. The number of likely N-dealkylation sites (N-methyl/N-ethyl adjacent to an activating group) is 1. The van der Waals surface area contributed by atoms with Gasteiger partial charge in [-0.1, -0.05) is 44.1 Å². The molecule has 28 heavy (non-hydrogen) atoms. The Balaban J connectivity index is 2.19. The van der Waals surface area contributed by atoms with Gasteiger partial charge in [-0.15, -0.1) is 0 Å². The Labute approximate surface area is 167 Å². The number of rotatable bonds is 3. The second-order valence-electron chi connectivity index (χ2n) is 9.09. The van der Waals surface area contributed by atoms with Gasteiger partial charge in [0.2, 0.25) is 0 Å². The number of amides is 1. The number of aliphatic hydroxyl groups is 2. The third-order valence-electron chi connectivity index (χ3n) is 7.40. The number of fused-ring (bicyclic) bond motifs is 1. The van der Waals surface area contributed by atoms with Crippen LogP contribution in [0.15, 0.2) is 35.1 Å². The maximum Gasteiger partial charge on any atom is 0.261 e. The summed E-state index contributed by atoms with van der Waals surface area (Å²) in [4.78, 5) is 26.9. The van der Waals surface area contributed by atoms with E-state index >= 15 is 0 Å². The summed E-state index contributed by atoms with van der Waals surface area (Å²) in [7, 11) is 1.50. The van der Waals surface area contributed by atoms with E-state index in [-0.39, 0.29) is 23.2 Å². The maximum absolute atomic E-state index is 12.9. The zero-order valence-electron chi connectivity index (χ0n) is 17.6. The van der Waals surface area contributed by atoms with Gasteiger partial charge in [0.25, 0.3) is 5.91 Å². The lowest BCUT2D eigenvalue weighted by Gasteiger charge is -2.52. The molecular formula is C23H33NO4. The summed E-state index contributed by atoms with van der Waals surface area (Å²) >= 11 is 0. The van der Waals surface area contributed by atoms with Crippen LogP contribution in [0.1, 0.15) is 47.0 Å². The summed E-state index contributed by atoms with van der Waals surface area (Å²) in [6.07, 6.45) is 9.49. The predicted octanol–water partition coefficient (Wildman–Crippen LogP) is 3.41. The predicted molar refractivity (Wildman–Crippen MR) is 108 cm³/mol. The van der Waals surface area contributed by atoms with E-state index in [0.717, 1.165) is 19.3 Å². The first-order valence-corrected chi connectivity index (χ1v) is 10.3. The summed E-state index contributed by atoms with van der Waals surface area (Å²) in [6, 6.07) is -0.907. The van der Waals surface area contributed by atoms with Crippen molar-refractivity contribution in [2.45, 2.75) is 53.0 Å². The van der Waals surface area contributed by atoms with Crippen molar-refractivity contribution in [1.29, 1.82) is 0 Å². The molecule has 0 aromatic rings. The molecule has 1 heterocycles. The van der Waals surface area contributed by atoms with Crippen LogP contribution in [0.3, 0.4) is 0 Å². The monoisotopic (exact) mass is 387 g/mol. The lowest BCUT2D eigenvalue weighted by molar-refractivity contribution is -0.126. The first-order chi connectivity index (χ1) is 13.2. The second-order valence-corrected chi connectivity index (χ2v) is 9.09. The van der Waals surface area contributed by atoms with Crippen LogP contribution < -0.4 is 0 Å². The number of hydrogen-bond acceptors (Lipinski definition) is 4. The Morgan fingerprint density at radius 3 is 2.61 bits per heavy atom. The van der Waals surface area contributed by atoms with Crippen LogP contribution >= 0.6 is 0 Å². The third kappa shape index (κ3) is 2.95. The Morgan fingerprint density at radius 2 is 2.04 bits per heavy atom. The third-order valence-corrected chi connectivity index (χ3v) is 7.40. The Kier molecular flexibility index (Phi) is 5.59. The minimum Gasteiger partial charge on any atom is -0.511 e. The van der Waals surface area contributed by atoms with E-state index in [2.05, 4.69) is 26.0 Å². The van der Waals surface area contributed by atoms with Crippen LogP contribution in [0.5, 0.6) is 0 Å². The number of hydrogen-bond donors (Lipinski definition) is 2. The molecule has 5 heteroatoms. The van der Waals surface area contributed by atoms with Crippen molar-refractivity contribution in [1.82, 2.24) is 4.90 Å². The molecule has 6 unspecified atom stereocenters. The smallest absolute Gasteiger partial charge is 0.261 e. The largest absolute Gasteiger partial charge is 0.511 e. The van der Waals surface area contributed by atoms with Crippen LogP contribution in [-0.2, 0) is 9.59 Å². The van der Waals surface area contributed by atoms with Crippen molar-refractivity contribution in [3.8, 4) is 0 Å². The lowest BCUT2D eigenvalue weighted by Crippen LogP contribution is -2.46. The molecule has 0 bridgehead atoms. The molecule has 1 aliphatic heterocycles. The highest BCUT2D eigenvalue weighted by Gasteiger charge is 2.55. The van der Waals surface area contributed by atoms with Crippen molar-refractivity contribution in [2.75, 3.05) is 13.7 Å². The fraction of sp³-hybridized carbons (Fsp3) is 0.652. The van der Waals surface area contributed by atoms with Gasteiger partial charge in [-0.05, 0) is 44.4 Å². The van der Waals surface area contributed by atoms with E-state index in [4.69, 9.17) is 0 Å². The first kappa shape index (κ1) is 20.8. The van der Waals surface area contributed by atoms with E-state index in [1.807, 2.05) is 19.9 Å². The highest BCUT2D eigenvalue weighted by molar-refractivity contribution is 6.26. The highest BCUT2D eigenvalue weighted by Crippen LogP contribution is 2.58. The summed E-state index contributed by atoms with van der Waals surface area (Å²) < 4.78 is 0.